The van der Waals surface area contributed by atoms with E-state index in [2.05, 4.69) is 39.8 Å². The molecule has 0 spiro atoms. The maximum absolute atomic E-state index is 13.8. The molecule has 0 saturated carbocycles. The number of rotatable bonds is 5. The van der Waals surface area contributed by atoms with Gasteiger partial charge in [-0.2, -0.15) is 0 Å². The summed E-state index contributed by atoms with van der Waals surface area (Å²) >= 11 is 0. The van der Waals surface area contributed by atoms with Crippen molar-refractivity contribution in [2.24, 2.45) is 5.92 Å². The average molecular weight is 418 g/mol. The number of aromatic nitrogens is 2. The third kappa shape index (κ3) is 4.18. The highest BCUT2D eigenvalue weighted by Crippen LogP contribution is 2.29. The highest BCUT2D eigenvalue weighted by atomic mass is 19.2. The number of anilines is 1. The Labute approximate surface area is 181 Å². The molecule has 0 atom stereocenters. The molecule has 1 aliphatic heterocycles. The van der Waals surface area contributed by atoms with Gasteiger partial charge in [-0.25, -0.2) is 13.8 Å². The van der Waals surface area contributed by atoms with Crippen molar-refractivity contribution >= 4 is 17.0 Å². The molecule has 0 aliphatic carbocycles. The first-order valence-electron chi connectivity index (χ1n) is 10.9. The predicted molar refractivity (Wildman–Crippen MR) is 120 cm³/mol. The highest BCUT2D eigenvalue weighted by molar-refractivity contribution is 5.79. The van der Waals surface area contributed by atoms with E-state index in [4.69, 9.17) is 4.98 Å². The number of hydrogen-bond donors (Lipinski definition) is 0. The van der Waals surface area contributed by atoms with Crippen molar-refractivity contribution in [3.05, 3.63) is 95.6 Å². The van der Waals surface area contributed by atoms with Crippen LogP contribution >= 0.6 is 0 Å². The van der Waals surface area contributed by atoms with Gasteiger partial charge in [-0.05, 0) is 60.6 Å². The Morgan fingerprint density at radius 3 is 2.32 bits per heavy atom. The van der Waals surface area contributed by atoms with E-state index < -0.39 is 11.6 Å². The summed E-state index contributed by atoms with van der Waals surface area (Å²) in [7, 11) is 0. The first-order valence-corrected chi connectivity index (χ1v) is 10.9. The summed E-state index contributed by atoms with van der Waals surface area (Å²) in [5.41, 5.74) is 4.05. The Morgan fingerprint density at radius 1 is 0.806 bits per heavy atom. The number of fused-ring (bicyclic) bond motifs is 1. The molecule has 0 N–H and O–H groups in total. The minimum Gasteiger partial charge on any atom is -0.342 e. The van der Waals surface area contributed by atoms with Crippen LogP contribution in [0, 0.1) is 17.6 Å². The van der Waals surface area contributed by atoms with Gasteiger partial charge in [0.1, 0.15) is 0 Å². The molecule has 0 amide bonds. The van der Waals surface area contributed by atoms with Crippen molar-refractivity contribution in [3.8, 4) is 0 Å². The number of hydrogen-bond acceptors (Lipinski definition) is 2. The molecule has 4 aromatic rings. The van der Waals surface area contributed by atoms with E-state index in [0.29, 0.717) is 12.5 Å². The molecule has 1 saturated heterocycles. The zero-order valence-corrected chi connectivity index (χ0v) is 17.3. The van der Waals surface area contributed by atoms with E-state index in [0.717, 1.165) is 54.9 Å². The lowest BCUT2D eigenvalue weighted by atomic mass is 9.90. The molecule has 31 heavy (non-hydrogen) atoms. The number of benzene rings is 3. The van der Waals surface area contributed by atoms with Crippen LogP contribution in [0.5, 0.6) is 0 Å². The third-order valence-corrected chi connectivity index (χ3v) is 6.22. The van der Waals surface area contributed by atoms with Crippen LogP contribution in [0.25, 0.3) is 11.0 Å². The molecule has 1 aliphatic rings. The van der Waals surface area contributed by atoms with Crippen LogP contribution in [0.15, 0.2) is 72.8 Å². The van der Waals surface area contributed by atoms with Crippen molar-refractivity contribution in [2.45, 2.75) is 25.8 Å². The van der Waals surface area contributed by atoms with E-state index in [1.54, 1.807) is 6.07 Å². The molecule has 3 aromatic carbocycles. The molecule has 0 radical (unpaired) electrons. The van der Waals surface area contributed by atoms with E-state index >= 15 is 0 Å². The van der Waals surface area contributed by atoms with Crippen LogP contribution in [-0.2, 0) is 13.0 Å². The zero-order chi connectivity index (χ0) is 21.2. The van der Waals surface area contributed by atoms with E-state index in [9.17, 15) is 8.78 Å². The van der Waals surface area contributed by atoms with Crippen molar-refractivity contribution in [1.29, 1.82) is 0 Å². The summed E-state index contributed by atoms with van der Waals surface area (Å²) in [5, 5.41) is 0. The van der Waals surface area contributed by atoms with Crippen molar-refractivity contribution in [2.75, 3.05) is 18.0 Å². The van der Waals surface area contributed by atoms with Crippen LogP contribution in [0.3, 0.4) is 0 Å². The predicted octanol–water partition coefficient (Wildman–Crippen LogP) is 5.82. The summed E-state index contributed by atoms with van der Waals surface area (Å²) in [6, 6.07) is 22.8. The molecule has 2 heterocycles. The molecular formula is C26H25F2N3. The Morgan fingerprint density at radius 2 is 1.55 bits per heavy atom. The van der Waals surface area contributed by atoms with Crippen LogP contribution in [-0.4, -0.2) is 22.6 Å². The fourth-order valence-electron chi connectivity index (χ4n) is 4.57. The molecular weight excluding hydrogens is 392 g/mol. The highest BCUT2D eigenvalue weighted by Gasteiger charge is 2.24. The molecule has 0 unspecified atom stereocenters. The van der Waals surface area contributed by atoms with Gasteiger partial charge < -0.3 is 9.47 Å². The monoisotopic (exact) mass is 417 g/mol. The van der Waals surface area contributed by atoms with Gasteiger partial charge in [-0.3, -0.25) is 0 Å². The van der Waals surface area contributed by atoms with Gasteiger partial charge in [-0.15, -0.1) is 0 Å². The topological polar surface area (TPSA) is 21.1 Å². The summed E-state index contributed by atoms with van der Waals surface area (Å²) < 4.78 is 29.3. The lowest BCUT2D eigenvalue weighted by Crippen LogP contribution is -2.36. The van der Waals surface area contributed by atoms with Gasteiger partial charge in [0.25, 0.3) is 0 Å². The van der Waals surface area contributed by atoms with Crippen LogP contribution in [0.1, 0.15) is 24.0 Å². The van der Waals surface area contributed by atoms with Crippen molar-refractivity contribution < 1.29 is 8.78 Å². The first-order chi connectivity index (χ1) is 15.2. The van der Waals surface area contributed by atoms with Gasteiger partial charge >= 0.3 is 0 Å². The Kier molecular flexibility index (Phi) is 5.41. The summed E-state index contributed by atoms with van der Waals surface area (Å²) in [5.74, 6) is -0.0584. The fourth-order valence-corrected chi connectivity index (χ4v) is 4.57. The number of halogens is 2. The maximum atomic E-state index is 13.8. The van der Waals surface area contributed by atoms with E-state index in [1.807, 2.05) is 24.3 Å². The van der Waals surface area contributed by atoms with Crippen LogP contribution < -0.4 is 4.90 Å². The van der Waals surface area contributed by atoms with Crippen molar-refractivity contribution in [3.63, 3.8) is 0 Å². The fraction of sp³-hybridized carbons (Fsp3) is 0.269. The average Bonchev–Trinajstić information content (AvgIpc) is 3.16. The number of nitrogens with zero attached hydrogens (tertiary/aromatic N) is 3. The first kappa shape index (κ1) is 19.7. The summed E-state index contributed by atoms with van der Waals surface area (Å²) in [6.45, 7) is 2.34. The zero-order valence-electron chi connectivity index (χ0n) is 17.3. The quantitative estimate of drug-likeness (QED) is 0.408. The largest absolute Gasteiger partial charge is 0.342 e. The molecule has 5 rings (SSSR count). The van der Waals surface area contributed by atoms with E-state index in [-0.39, 0.29) is 0 Å². The molecule has 0 bridgehead atoms. The standard InChI is InChI=1S/C26H25F2N3/c27-22-11-10-21(17-23(22)28)18-31-25-9-5-4-8-24(25)29-26(31)30-14-12-20(13-15-30)16-19-6-2-1-3-7-19/h1-11,17,20H,12-16,18H2. The Bertz CT molecular complexity index is 1180. The van der Waals surface area contributed by atoms with Crippen LogP contribution in [0.4, 0.5) is 14.7 Å². The second kappa shape index (κ2) is 8.50. The van der Waals surface area contributed by atoms with Gasteiger partial charge in [0.15, 0.2) is 11.6 Å². The second-order valence-corrected chi connectivity index (χ2v) is 8.36. The number of piperidine rings is 1. The third-order valence-electron chi connectivity index (χ3n) is 6.22. The SMILES string of the molecule is Fc1ccc(Cn2c(N3CCC(Cc4ccccc4)CC3)nc3ccccc32)cc1F. The lowest BCUT2D eigenvalue weighted by Gasteiger charge is -2.33. The minimum absolute atomic E-state index is 0.455. The Balaban J connectivity index is 1.38. The molecule has 158 valence electrons. The Hall–Kier alpha value is -3.21. The number of imidazole rings is 1. The molecule has 3 nitrogen and oxygen atoms in total. The van der Waals surface area contributed by atoms with E-state index in [1.165, 1.54) is 17.7 Å². The molecule has 1 fully saturated rings. The second-order valence-electron chi connectivity index (χ2n) is 8.36. The van der Waals surface area contributed by atoms with Gasteiger partial charge in [-0.1, -0.05) is 48.5 Å². The van der Waals surface area contributed by atoms with Crippen molar-refractivity contribution in [1.82, 2.24) is 9.55 Å². The number of para-hydroxylation sites is 2. The molecule has 5 heteroatoms. The van der Waals surface area contributed by atoms with Crippen LogP contribution in [0.2, 0.25) is 0 Å². The maximum Gasteiger partial charge on any atom is 0.206 e. The summed E-state index contributed by atoms with van der Waals surface area (Å²) in [4.78, 5) is 7.24. The minimum atomic E-state index is -0.819. The lowest BCUT2D eigenvalue weighted by molar-refractivity contribution is 0.399. The normalized spacial score (nSPS) is 15.0. The molecule has 1 aromatic heterocycles. The van der Waals surface area contributed by atoms with Gasteiger partial charge in [0, 0.05) is 13.1 Å². The van der Waals surface area contributed by atoms with Gasteiger partial charge in [0.2, 0.25) is 5.95 Å². The smallest absolute Gasteiger partial charge is 0.206 e. The summed E-state index contributed by atoms with van der Waals surface area (Å²) in [6.07, 6.45) is 3.34. The van der Waals surface area contributed by atoms with Gasteiger partial charge in [0.05, 0.1) is 17.6 Å².